The first-order chi connectivity index (χ1) is 7.43. The van der Waals surface area contributed by atoms with Gasteiger partial charge in [-0.3, -0.25) is 4.48 Å². The van der Waals surface area contributed by atoms with Gasteiger partial charge in [0, 0.05) is 20.1 Å². The maximum atomic E-state index is 4.75. The maximum absolute atomic E-state index is 4.75. The summed E-state index contributed by atoms with van der Waals surface area (Å²) in [6, 6.07) is 0. The van der Waals surface area contributed by atoms with E-state index < -0.39 is 0 Å². The lowest BCUT2D eigenvalue weighted by Crippen LogP contribution is -2.50. The monoisotopic (exact) mass is 228 g/mol. The minimum Gasteiger partial charge on any atom is -0.314 e. The van der Waals surface area contributed by atoms with Crippen molar-refractivity contribution in [1.82, 2.24) is 4.90 Å². The molecular weight excluding hydrogens is 198 g/mol. The average Bonchev–Trinajstić information content (AvgIpc) is 2.19. The Morgan fingerprint density at radius 3 is 2.06 bits per heavy atom. The molecule has 0 saturated carbocycles. The number of hydrogen-bond donors (Lipinski definition) is 0. The van der Waals surface area contributed by atoms with Crippen LogP contribution in [0.25, 0.3) is 0 Å². The lowest BCUT2D eigenvalue weighted by molar-refractivity contribution is -0.782. The molecule has 0 radical (unpaired) electrons. The zero-order valence-corrected chi connectivity index (χ0v) is 12.1. The Hall–Kier alpha value is -0.570. The van der Waals surface area contributed by atoms with E-state index in [9.17, 15) is 0 Å². The lowest BCUT2D eigenvalue weighted by atomic mass is 10.3. The van der Waals surface area contributed by atoms with Crippen LogP contribution >= 0.6 is 0 Å². The van der Waals surface area contributed by atoms with E-state index in [0.29, 0.717) is 0 Å². The highest BCUT2D eigenvalue weighted by Crippen LogP contribution is 2.03. The summed E-state index contributed by atoms with van der Waals surface area (Å²) in [6.45, 7) is 6.50. The maximum Gasteiger partial charge on any atom is 0.299 e. The number of unbranched alkanes of at least 4 members (excludes halogenated alkanes) is 2. The van der Waals surface area contributed by atoms with Crippen LogP contribution in [-0.4, -0.2) is 56.6 Å². The summed E-state index contributed by atoms with van der Waals surface area (Å²) in [5.41, 5.74) is 0. The largest absolute Gasteiger partial charge is 0.314 e. The van der Waals surface area contributed by atoms with E-state index in [2.05, 4.69) is 46.9 Å². The number of aliphatic imine (C=N–C) groups is 1. The topological polar surface area (TPSA) is 15.6 Å². The Labute approximate surface area is 102 Å². The number of rotatable bonds is 6. The van der Waals surface area contributed by atoms with Crippen molar-refractivity contribution < 1.29 is 4.48 Å². The van der Waals surface area contributed by atoms with Gasteiger partial charge in [0.2, 0.25) is 0 Å². The molecule has 0 atom stereocenters. The van der Waals surface area contributed by atoms with Gasteiger partial charge >= 0.3 is 0 Å². The number of hydrogen-bond acceptors (Lipinski definition) is 1. The van der Waals surface area contributed by atoms with Crippen molar-refractivity contribution in [3.63, 3.8) is 0 Å². The first kappa shape index (κ1) is 15.4. The number of nitrogens with zero attached hydrogens (tertiary/aromatic N) is 3. The van der Waals surface area contributed by atoms with Crippen LogP contribution in [0, 0.1) is 0 Å². The standard InChI is InChI=1S/C13H30N3/c1-7-9-11-14-13(16(4,5)6)15(3)12-10-8-2/h7-12H2,1-6H3/q+1. The van der Waals surface area contributed by atoms with Crippen LogP contribution in [0.4, 0.5) is 0 Å². The fourth-order valence-corrected chi connectivity index (χ4v) is 1.68. The van der Waals surface area contributed by atoms with Gasteiger partial charge in [0.15, 0.2) is 0 Å². The smallest absolute Gasteiger partial charge is 0.299 e. The molecule has 0 heterocycles. The van der Waals surface area contributed by atoms with Gasteiger partial charge in [-0.05, 0) is 12.8 Å². The number of quaternary nitrogens is 1. The van der Waals surface area contributed by atoms with Crippen molar-refractivity contribution in [3.8, 4) is 0 Å². The summed E-state index contributed by atoms with van der Waals surface area (Å²) in [5.74, 6) is 1.20. The van der Waals surface area contributed by atoms with Crippen LogP contribution in [-0.2, 0) is 0 Å². The molecular formula is C13H30N3+. The van der Waals surface area contributed by atoms with Crippen molar-refractivity contribution >= 4 is 5.96 Å². The molecule has 0 rings (SSSR count). The van der Waals surface area contributed by atoms with E-state index in [-0.39, 0.29) is 0 Å². The predicted octanol–water partition coefficient (Wildman–Crippen LogP) is 2.58. The molecule has 0 aromatic heterocycles. The van der Waals surface area contributed by atoms with Crippen LogP contribution in [0.2, 0.25) is 0 Å². The Bertz CT molecular complexity index is 204. The third kappa shape index (κ3) is 6.11. The molecule has 96 valence electrons. The molecule has 0 fully saturated rings. The first-order valence-corrected chi connectivity index (χ1v) is 6.51. The quantitative estimate of drug-likeness (QED) is 0.295. The van der Waals surface area contributed by atoms with Crippen molar-refractivity contribution in [2.45, 2.75) is 39.5 Å². The van der Waals surface area contributed by atoms with Gasteiger partial charge in [-0.2, -0.15) is 0 Å². The molecule has 0 amide bonds. The third-order valence-corrected chi connectivity index (χ3v) is 2.55. The van der Waals surface area contributed by atoms with Gasteiger partial charge < -0.3 is 4.90 Å². The fourth-order valence-electron chi connectivity index (χ4n) is 1.68. The zero-order valence-electron chi connectivity index (χ0n) is 12.1. The van der Waals surface area contributed by atoms with E-state index >= 15 is 0 Å². The van der Waals surface area contributed by atoms with Crippen LogP contribution in [0.3, 0.4) is 0 Å². The van der Waals surface area contributed by atoms with E-state index in [1.807, 2.05) is 0 Å². The van der Waals surface area contributed by atoms with Crippen molar-refractivity contribution in [3.05, 3.63) is 0 Å². The Morgan fingerprint density at radius 2 is 1.62 bits per heavy atom. The fraction of sp³-hybridized carbons (Fsp3) is 0.923. The Balaban J connectivity index is 4.47. The Kier molecular flexibility index (Phi) is 7.39. The molecule has 0 N–H and O–H groups in total. The van der Waals surface area contributed by atoms with Crippen LogP contribution in [0.15, 0.2) is 4.99 Å². The first-order valence-electron chi connectivity index (χ1n) is 6.51. The van der Waals surface area contributed by atoms with Gasteiger partial charge in [0.05, 0.1) is 21.1 Å². The van der Waals surface area contributed by atoms with Gasteiger partial charge in [0.1, 0.15) is 0 Å². The van der Waals surface area contributed by atoms with Gasteiger partial charge in [0.25, 0.3) is 5.96 Å². The van der Waals surface area contributed by atoms with Crippen molar-refractivity contribution in [1.29, 1.82) is 0 Å². The van der Waals surface area contributed by atoms with Gasteiger partial charge in [-0.1, -0.05) is 26.7 Å². The van der Waals surface area contributed by atoms with E-state index in [1.54, 1.807) is 0 Å². The minimum absolute atomic E-state index is 0.809. The molecule has 0 aromatic rings. The summed E-state index contributed by atoms with van der Waals surface area (Å²) in [7, 11) is 8.72. The average molecular weight is 228 g/mol. The zero-order chi connectivity index (χ0) is 12.6. The molecule has 16 heavy (non-hydrogen) atoms. The third-order valence-electron chi connectivity index (χ3n) is 2.55. The minimum atomic E-state index is 0.809. The second kappa shape index (κ2) is 7.66. The summed E-state index contributed by atoms with van der Waals surface area (Å²) in [4.78, 5) is 7.06. The molecule has 0 spiro atoms. The lowest BCUT2D eigenvalue weighted by Gasteiger charge is -2.31. The van der Waals surface area contributed by atoms with Crippen molar-refractivity contribution in [2.24, 2.45) is 4.99 Å². The van der Waals surface area contributed by atoms with Crippen LogP contribution in [0.1, 0.15) is 39.5 Å². The number of guanidine groups is 1. The van der Waals surface area contributed by atoms with Gasteiger partial charge in [-0.25, -0.2) is 4.99 Å². The van der Waals surface area contributed by atoms with Crippen LogP contribution < -0.4 is 0 Å². The molecule has 0 saturated heterocycles. The second-order valence-electron chi connectivity index (χ2n) is 5.32. The normalized spacial score (nSPS) is 13.0. The van der Waals surface area contributed by atoms with Crippen LogP contribution in [0.5, 0.6) is 0 Å². The van der Waals surface area contributed by atoms with E-state index in [1.165, 1.54) is 31.6 Å². The molecule has 0 bridgehead atoms. The van der Waals surface area contributed by atoms with Crippen molar-refractivity contribution in [2.75, 3.05) is 41.3 Å². The Morgan fingerprint density at radius 1 is 1.06 bits per heavy atom. The predicted molar refractivity (Wildman–Crippen MR) is 72.8 cm³/mol. The summed E-state index contributed by atoms with van der Waals surface area (Å²) < 4.78 is 0.809. The van der Waals surface area contributed by atoms with E-state index in [0.717, 1.165) is 17.6 Å². The highest BCUT2D eigenvalue weighted by molar-refractivity contribution is 5.72. The molecule has 0 unspecified atom stereocenters. The van der Waals surface area contributed by atoms with E-state index in [4.69, 9.17) is 4.99 Å². The highest BCUT2D eigenvalue weighted by atomic mass is 15.4. The summed E-state index contributed by atoms with van der Waals surface area (Å²) in [6.07, 6.45) is 4.88. The SMILES string of the molecule is CCCCN=C(N(C)CCCC)[N+](C)(C)C. The second-order valence-corrected chi connectivity index (χ2v) is 5.32. The summed E-state index contributed by atoms with van der Waals surface area (Å²) in [5, 5.41) is 0. The molecule has 0 aromatic carbocycles. The molecule has 0 aliphatic heterocycles. The molecule has 3 nitrogen and oxygen atoms in total. The van der Waals surface area contributed by atoms with Gasteiger partial charge in [-0.15, -0.1) is 0 Å². The molecule has 0 aliphatic carbocycles. The molecule has 3 heteroatoms. The molecule has 0 aliphatic rings. The highest BCUT2D eigenvalue weighted by Gasteiger charge is 2.22. The summed E-state index contributed by atoms with van der Waals surface area (Å²) >= 11 is 0.